The highest BCUT2D eigenvalue weighted by Crippen LogP contribution is 2.35. The lowest BCUT2D eigenvalue weighted by molar-refractivity contribution is 0.0284. The maximum absolute atomic E-state index is 3.79. The van der Waals surface area contributed by atoms with Gasteiger partial charge in [0, 0.05) is 18.1 Å². The zero-order chi connectivity index (χ0) is 14.5. The Morgan fingerprint density at radius 1 is 1.10 bits per heavy atom. The van der Waals surface area contributed by atoms with Crippen LogP contribution in [0.2, 0.25) is 0 Å². The van der Waals surface area contributed by atoms with Gasteiger partial charge in [-0.15, -0.1) is 0 Å². The van der Waals surface area contributed by atoms with Crippen LogP contribution in [0.3, 0.4) is 0 Å². The van der Waals surface area contributed by atoms with Gasteiger partial charge >= 0.3 is 0 Å². The highest BCUT2D eigenvalue weighted by molar-refractivity contribution is 4.95. The van der Waals surface area contributed by atoms with Crippen molar-refractivity contribution in [2.24, 2.45) is 11.8 Å². The molecule has 0 radical (unpaired) electrons. The van der Waals surface area contributed by atoms with Crippen molar-refractivity contribution in [2.75, 3.05) is 13.1 Å². The Balaban J connectivity index is 2.08. The van der Waals surface area contributed by atoms with E-state index in [1.807, 2.05) is 0 Å². The predicted molar refractivity (Wildman–Crippen MR) is 88.1 cm³/mol. The van der Waals surface area contributed by atoms with Crippen LogP contribution in [-0.4, -0.2) is 36.1 Å². The number of hydrogen-bond donors (Lipinski definition) is 1. The van der Waals surface area contributed by atoms with E-state index < -0.39 is 0 Å². The van der Waals surface area contributed by atoms with Crippen molar-refractivity contribution in [3.05, 3.63) is 0 Å². The fourth-order valence-electron chi connectivity index (χ4n) is 4.55. The molecule has 1 aliphatic carbocycles. The molecule has 2 fully saturated rings. The fraction of sp³-hybridized carbons (Fsp3) is 1.00. The summed E-state index contributed by atoms with van der Waals surface area (Å²) in [6, 6.07) is 2.38. The zero-order valence-corrected chi connectivity index (χ0v) is 14.2. The molecule has 4 atom stereocenters. The lowest BCUT2D eigenvalue weighted by Gasteiger charge is -2.48. The highest BCUT2D eigenvalue weighted by Gasteiger charge is 2.37. The van der Waals surface area contributed by atoms with E-state index in [0.717, 1.165) is 36.5 Å². The minimum Gasteiger partial charge on any atom is -0.313 e. The number of likely N-dealkylation sites (tertiary alicyclic amines) is 1. The van der Waals surface area contributed by atoms with E-state index in [-0.39, 0.29) is 0 Å². The van der Waals surface area contributed by atoms with Gasteiger partial charge in [0.15, 0.2) is 0 Å². The Bertz CT molecular complexity index is 277. The zero-order valence-electron chi connectivity index (χ0n) is 14.2. The molecule has 0 aromatic heterocycles. The van der Waals surface area contributed by atoms with E-state index in [0.29, 0.717) is 0 Å². The monoisotopic (exact) mass is 280 g/mol. The van der Waals surface area contributed by atoms with Crippen molar-refractivity contribution >= 4 is 0 Å². The first-order valence-electron chi connectivity index (χ1n) is 9.16. The summed E-state index contributed by atoms with van der Waals surface area (Å²) < 4.78 is 0. The molecule has 2 heteroatoms. The molecule has 118 valence electrons. The Morgan fingerprint density at radius 2 is 1.90 bits per heavy atom. The van der Waals surface area contributed by atoms with Crippen LogP contribution < -0.4 is 5.32 Å². The van der Waals surface area contributed by atoms with Crippen LogP contribution in [0.15, 0.2) is 0 Å². The maximum Gasteiger partial charge on any atom is 0.0255 e. The second-order valence-electron chi connectivity index (χ2n) is 7.34. The number of likely N-dealkylation sites (N-methyl/N-ethyl adjacent to an activating group) is 1. The molecule has 0 spiro atoms. The second-order valence-corrected chi connectivity index (χ2v) is 7.34. The molecule has 20 heavy (non-hydrogen) atoms. The number of hydrogen-bond acceptors (Lipinski definition) is 2. The minimum atomic E-state index is 0.738. The average Bonchev–Trinajstić information content (AvgIpc) is 2.47. The molecule has 0 bridgehead atoms. The van der Waals surface area contributed by atoms with Gasteiger partial charge in [0.2, 0.25) is 0 Å². The molecule has 2 aliphatic rings. The van der Waals surface area contributed by atoms with Crippen molar-refractivity contribution < 1.29 is 0 Å². The van der Waals surface area contributed by atoms with Gasteiger partial charge in [-0.2, -0.15) is 0 Å². The molecule has 2 rings (SSSR count). The fourth-order valence-corrected chi connectivity index (χ4v) is 4.55. The van der Waals surface area contributed by atoms with Crippen molar-refractivity contribution in [3.63, 3.8) is 0 Å². The summed E-state index contributed by atoms with van der Waals surface area (Å²) >= 11 is 0. The lowest BCUT2D eigenvalue weighted by atomic mass is 9.75. The third kappa shape index (κ3) is 3.76. The molecule has 0 amide bonds. The van der Waals surface area contributed by atoms with Crippen LogP contribution in [0.5, 0.6) is 0 Å². The largest absolute Gasteiger partial charge is 0.313 e. The minimum absolute atomic E-state index is 0.738. The van der Waals surface area contributed by atoms with Gasteiger partial charge < -0.3 is 5.32 Å². The van der Waals surface area contributed by atoms with Gasteiger partial charge in [-0.25, -0.2) is 0 Å². The van der Waals surface area contributed by atoms with Crippen molar-refractivity contribution in [2.45, 2.75) is 90.8 Å². The second kappa shape index (κ2) is 7.79. The van der Waals surface area contributed by atoms with Gasteiger partial charge in [0.1, 0.15) is 0 Å². The highest BCUT2D eigenvalue weighted by atomic mass is 15.2. The van der Waals surface area contributed by atoms with Gasteiger partial charge in [0.25, 0.3) is 0 Å². The number of piperidine rings is 1. The third-order valence-electron chi connectivity index (χ3n) is 5.84. The average molecular weight is 280 g/mol. The van der Waals surface area contributed by atoms with Crippen molar-refractivity contribution in [1.82, 2.24) is 10.2 Å². The summed E-state index contributed by atoms with van der Waals surface area (Å²) in [5.41, 5.74) is 0. The molecule has 1 saturated carbocycles. The smallest absolute Gasteiger partial charge is 0.0255 e. The van der Waals surface area contributed by atoms with Gasteiger partial charge in [0.05, 0.1) is 0 Å². The quantitative estimate of drug-likeness (QED) is 0.817. The molecule has 1 heterocycles. The van der Waals surface area contributed by atoms with Gasteiger partial charge in [-0.3, -0.25) is 4.90 Å². The molecule has 2 nitrogen and oxygen atoms in total. The van der Waals surface area contributed by atoms with Crippen molar-refractivity contribution in [1.29, 1.82) is 0 Å². The normalized spacial score (nSPS) is 36.5. The van der Waals surface area contributed by atoms with Gasteiger partial charge in [-0.05, 0) is 63.5 Å². The van der Waals surface area contributed by atoms with Crippen LogP contribution in [0, 0.1) is 11.8 Å². The Morgan fingerprint density at radius 3 is 2.55 bits per heavy atom. The van der Waals surface area contributed by atoms with E-state index >= 15 is 0 Å². The molecular weight excluding hydrogens is 244 g/mol. The summed E-state index contributed by atoms with van der Waals surface area (Å²) in [6.07, 6.45) is 9.86. The van der Waals surface area contributed by atoms with Crippen molar-refractivity contribution in [3.8, 4) is 0 Å². The molecule has 1 N–H and O–H groups in total. The van der Waals surface area contributed by atoms with Crippen LogP contribution in [0.1, 0.15) is 72.6 Å². The third-order valence-corrected chi connectivity index (χ3v) is 5.84. The maximum atomic E-state index is 3.79. The molecule has 0 aromatic rings. The van der Waals surface area contributed by atoms with Crippen LogP contribution in [-0.2, 0) is 0 Å². The summed E-state index contributed by atoms with van der Waals surface area (Å²) in [6.45, 7) is 12.0. The number of rotatable bonds is 5. The lowest BCUT2D eigenvalue weighted by Crippen LogP contribution is -2.57. The van der Waals surface area contributed by atoms with Crippen LogP contribution >= 0.6 is 0 Å². The summed E-state index contributed by atoms with van der Waals surface area (Å²) in [5, 5.41) is 3.79. The van der Waals surface area contributed by atoms with E-state index in [2.05, 4.69) is 37.9 Å². The number of nitrogens with one attached hydrogen (secondary N) is 1. The van der Waals surface area contributed by atoms with E-state index in [1.54, 1.807) is 0 Å². The first-order chi connectivity index (χ1) is 9.67. The molecule has 4 unspecified atom stereocenters. The molecule has 1 saturated heterocycles. The van der Waals surface area contributed by atoms with E-state index in [1.165, 1.54) is 51.5 Å². The SMILES string of the molecule is CCNC1CCC(C(C)C)CC1N1CCCCC1CC. The summed E-state index contributed by atoms with van der Waals surface area (Å²) in [5.74, 6) is 1.79. The standard InChI is InChI=1S/C18H36N2/c1-5-16-9-7-8-12-20(16)18-13-15(14(3)4)10-11-17(18)19-6-2/h14-19H,5-13H2,1-4H3. The molecule has 0 aromatic carbocycles. The first kappa shape index (κ1) is 16.3. The van der Waals surface area contributed by atoms with E-state index in [4.69, 9.17) is 0 Å². The van der Waals surface area contributed by atoms with E-state index in [9.17, 15) is 0 Å². The summed E-state index contributed by atoms with van der Waals surface area (Å²) in [4.78, 5) is 2.89. The Labute approximate surface area is 126 Å². The number of nitrogens with zero attached hydrogens (tertiary/aromatic N) is 1. The summed E-state index contributed by atoms with van der Waals surface area (Å²) in [7, 11) is 0. The van der Waals surface area contributed by atoms with Gasteiger partial charge in [-0.1, -0.05) is 34.1 Å². The van der Waals surface area contributed by atoms with Crippen LogP contribution in [0.4, 0.5) is 0 Å². The Hall–Kier alpha value is -0.0800. The molecular formula is C18H36N2. The molecule has 1 aliphatic heterocycles. The topological polar surface area (TPSA) is 15.3 Å². The van der Waals surface area contributed by atoms with Crippen LogP contribution in [0.25, 0.3) is 0 Å². The predicted octanol–water partition coefficient (Wildman–Crippen LogP) is 4.05. The first-order valence-corrected chi connectivity index (χ1v) is 9.16. The Kier molecular flexibility index (Phi) is 6.35.